The molecule has 0 bridgehead atoms. The minimum absolute atomic E-state index is 0.0509. The van der Waals surface area contributed by atoms with Crippen molar-refractivity contribution in [3.63, 3.8) is 0 Å². The second-order valence-corrected chi connectivity index (χ2v) is 7.58. The zero-order valence-corrected chi connectivity index (χ0v) is 15.9. The van der Waals surface area contributed by atoms with Crippen molar-refractivity contribution in [1.29, 1.82) is 0 Å². The van der Waals surface area contributed by atoms with Crippen molar-refractivity contribution in [2.75, 3.05) is 25.2 Å². The van der Waals surface area contributed by atoms with Gasteiger partial charge in [0, 0.05) is 30.4 Å². The van der Waals surface area contributed by atoms with Gasteiger partial charge in [-0.25, -0.2) is 0 Å². The van der Waals surface area contributed by atoms with Gasteiger partial charge in [0.2, 0.25) is 6.79 Å². The molecule has 0 radical (unpaired) electrons. The van der Waals surface area contributed by atoms with Crippen LogP contribution in [0.15, 0.2) is 42.5 Å². The molecule has 2 aliphatic rings. The summed E-state index contributed by atoms with van der Waals surface area (Å²) in [6.07, 6.45) is 2.06. The van der Waals surface area contributed by atoms with Crippen LogP contribution in [-0.2, 0) is 0 Å². The van der Waals surface area contributed by atoms with E-state index in [9.17, 15) is 4.79 Å². The Morgan fingerprint density at radius 2 is 1.89 bits per heavy atom. The zero-order chi connectivity index (χ0) is 18.8. The topological polar surface area (TPSA) is 50.8 Å². The summed E-state index contributed by atoms with van der Waals surface area (Å²) in [5, 5.41) is 3.59. The van der Waals surface area contributed by atoms with Crippen molar-refractivity contribution in [2.45, 2.75) is 38.6 Å². The van der Waals surface area contributed by atoms with Crippen LogP contribution in [0.1, 0.15) is 48.5 Å². The van der Waals surface area contributed by atoms with Gasteiger partial charge in [0.05, 0.1) is 0 Å². The highest BCUT2D eigenvalue weighted by Crippen LogP contribution is 2.33. The summed E-state index contributed by atoms with van der Waals surface area (Å²) in [5.41, 5.74) is 3.10. The number of rotatable bonds is 4. The van der Waals surface area contributed by atoms with E-state index < -0.39 is 0 Å². The number of hydrogen-bond donors (Lipinski definition) is 1. The molecule has 2 aliphatic heterocycles. The van der Waals surface area contributed by atoms with Crippen LogP contribution >= 0.6 is 0 Å². The van der Waals surface area contributed by atoms with E-state index in [0.717, 1.165) is 25.1 Å². The Balaban J connectivity index is 1.41. The van der Waals surface area contributed by atoms with Gasteiger partial charge in [-0.3, -0.25) is 4.79 Å². The number of nitrogens with zero attached hydrogens (tertiary/aromatic N) is 1. The number of amides is 1. The molecule has 5 nitrogen and oxygen atoms in total. The quantitative estimate of drug-likeness (QED) is 0.879. The molecule has 2 heterocycles. The molecule has 4 rings (SSSR count). The van der Waals surface area contributed by atoms with Crippen LogP contribution in [0.2, 0.25) is 0 Å². The molecule has 2 aromatic carbocycles. The molecule has 1 unspecified atom stereocenters. The summed E-state index contributed by atoms with van der Waals surface area (Å²) in [7, 11) is 0. The van der Waals surface area contributed by atoms with Gasteiger partial charge in [0.25, 0.3) is 5.91 Å². The van der Waals surface area contributed by atoms with Crippen molar-refractivity contribution in [3.8, 4) is 11.5 Å². The lowest BCUT2D eigenvalue weighted by Gasteiger charge is -2.34. The van der Waals surface area contributed by atoms with E-state index in [1.54, 1.807) is 6.07 Å². The first kappa shape index (κ1) is 17.7. The van der Waals surface area contributed by atoms with Crippen molar-refractivity contribution in [3.05, 3.63) is 53.6 Å². The standard InChI is InChI=1S/C22H26N2O3/c1-15(2)16-5-8-18(9-6-16)23-19-4-3-11-24(13-19)22(25)17-7-10-20-21(12-17)27-14-26-20/h5-10,12,15,19,23H,3-4,11,13-14H2,1-2H3. The minimum Gasteiger partial charge on any atom is -0.454 e. The van der Waals surface area contributed by atoms with E-state index >= 15 is 0 Å². The van der Waals surface area contributed by atoms with E-state index in [4.69, 9.17) is 9.47 Å². The fourth-order valence-corrected chi connectivity index (χ4v) is 3.69. The van der Waals surface area contributed by atoms with Gasteiger partial charge in [0.1, 0.15) is 0 Å². The highest BCUT2D eigenvalue weighted by molar-refractivity contribution is 5.95. The largest absolute Gasteiger partial charge is 0.454 e. The van der Waals surface area contributed by atoms with Crippen LogP contribution in [0.5, 0.6) is 11.5 Å². The molecule has 0 aromatic heterocycles. The third-order valence-electron chi connectivity index (χ3n) is 5.28. The first-order valence-corrected chi connectivity index (χ1v) is 9.65. The second kappa shape index (κ2) is 7.51. The number of anilines is 1. The van der Waals surface area contributed by atoms with Crippen LogP contribution < -0.4 is 14.8 Å². The number of hydrogen-bond acceptors (Lipinski definition) is 4. The Hall–Kier alpha value is -2.69. The zero-order valence-electron chi connectivity index (χ0n) is 15.9. The van der Waals surface area contributed by atoms with Crippen LogP contribution in [0, 0.1) is 0 Å². The molecule has 0 saturated carbocycles. The SMILES string of the molecule is CC(C)c1ccc(NC2CCCN(C(=O)c3ccc4c(c3)OCO4)C2)cc1. The Morgan fingerprint density at radius 1 is 1.11 bits per heavy atom. The molecule has 1 N–H and O–H groups in total. The molecule has 1 atom stereocenters. The van der Waals surface area contributed by atoms with E-state index in [1.165, 1.54) is 5.56 Å². The van der Waals surface area contributed by atoms with Crippen molar-refractivity contribution >= 4 is 11.6 Å². The van der Waals surface area contributed by atoms with E-state index in [1.807, 2.05) is 17.0 Å². The van der Waals surface area contributed by atoms with E-state index in [-0.39, 0.29) is 18.7 Å². The molecule has 0 aliphatic carbocycles. The lowest BCUT2D eigenvalue weighted by Crippen LogP contribution is -2.45. The molecular formula is C22H26N2O3. The molecule has 2 aromatic rings. The molecule has 5 heteroatoms. The molecule has 1 saturated heterocycles. The number of carbonyl (C=O) groups excluding carboxylic acids is 1. The minimum atomic E-state index is 0.0509. The predicted molar refractivity (Wildman–Crippen MR) is 106 cm³/mol. The molecule has 0 spiro atoms. The highest BCUT2D eigenvalue weighted by Gasteiger charge is 2.26. The number of likely N-dealkylation sites (tertiary alicyclic amines) is 1. The Labute approximate surface area is 160 Å². The second-order valence-electron chi connectivity index (χ2n) is 7.58. The summed E-state index contributed by atoms with van der Waals surface area (Å²) in [6.45, 7) is 6.11. The number of nitrogens with one attached hydrogen (secondary N) is 1. The first-order valence-electron chi connectivity index (χ1n) is 9.65. The van der Waals surface area contributed by atoms with Crippen molar-refractivity contribution < 1.29 is 14.3 Å². The van der Waals surface area contributed by atoms with Gasteiger partial charge >= 0.3 is 0 Å². The highest BCUT2D eigenvalue weighted by atomic mass is 16.7. The van der Waals surface area contributed by atoms with Gasteiger partial charge in [-0.1, -0.05) is 26.0 Å². The Bertz CT molecular complexity index is 817. The Morgan fingerprint density at radius 3 is 2.67 bits per heavy atom. The third-order valence-corrected chi connectivity index (χ3v) is 5.28. The van der Waals surface area contributed by atoms with Gasteiger partial charge in [-0.2, -0.15) is 0 Å². The van der Waals surface area contributed by atoms with Crippen LogP contribution in [0.3, 0.4) is 0 Å². The van der Waals surface area contributed by atoms with Gasteiger partial charge in [-0.05, 0) is 54.7 Å². The summed E-state index contributed by atoms with van der Waals surface area (Å²) < 4.78 is 10.7. The maximum absolute atomic E-state index is 12.9. The summed E-state index contributed by atoms with van der Waals surface area (Å²) >= 11 is 0. The molecule has 27 heavy (non-hydrogen) atoms. The third kappa shape index (κ3) is 3.87. The number of piperidine rings is 1. The maximum atomic E-state index is 12.9. The molecule has 142 valence electrons. The average Bonchev–Trinajstić information content (AvgIpc) is 3.16. The van der Waals surface area contributed by atoms with Crippen LogP contribution in [0.25, 0.3) is 0 Å². The van der Waals surface area contributed by atoms with Gasteiger partial charge in [-0.15, -0.1) is 0 Å². The average molecular weight is 366 g/mol. The monoisotopic (exact) mass is 366 g/mol. The van der Waals surface area contributed by atoms with Gasteiger partial charge < -0.3 is 19.7 Å². The molecule has 1 amide bonds. The number of benzene rings is 2. The van der Waals surface area contributed by atoms with Crippen molar-refractivity contribution in [1.82, 2.24) is 4.90 Å². The number of fused-ring (bicyclic) bond motifs is 1. The Kier molecular flexibility index (Phi) is 4.92. The molecule has 1 fully saturated rings. The number of ether oxygens (including phenoxy) is 2. The predicted octanol–water partition coefficient (Wildman–Crippen LogP) is 4.26. The molecular weight excluding hydrogens is 340 g/mol. The van der Waals surface area contributed by atoms with Crippen LogP contribution in [-0.4, -0.2) is 36.7 Å². The fraction of sp³-hybridized carbons (Fsp3) is 0.409. The number of carbonyl (C=O) groups is 1. The lowest BCUT2D eigenvalue weighted by molar-refractivity contribution is 0.0714. The van der Waals surface area contributed by atoms with Gasteiger partial charge in [0.15, 0.2) is 11.5 Å². The summed E-state index contributed by atoms with van der Waals surface area (Å²) in [4.78, 5) is 14.9. The summed E-state index contributed by atoms with van der Waals surface area (Å²) in [5.74, 6) is 1.94. The summed E-state index contributed by atoms with van der Waals surface area (Å²) in [6, 6.07) is 14.3. The fourth-order valence-electron chi connectivity index (χ4n) is 3.69. The van der Waals surface area contributed by atoms with Crippen molar-refractivity contribution in [2.24, 2.45) is 0 Å². The van der Waals surface area contributed by atoms with E-state index in [2.05, 4.69) is 43.4 Å². The normalized spacial score (nSPS) is 18.6. The lowest BCUT2D eigenvalue weighted by atomic mass is 10.0. The maximum Gasteiger partial charge on any atom is 0.254 e. The van der Waals surface area contributed by atoms with Crippen LogP contribution in [0.4, 0.5) is 5.69 Å². The smallest absolute Gasteiger partial charge is 0.254 e. The van der Waals surface area contributed by atoms with E-state index in [0.29, 0.717) is 29.5 Å². The first-order chi connectivity index (χ1) is 13.1.